The average Bonchev–Trinajstić information content (AvgIpc) is 3.29. The highest BCUT2D eigenvalue weighted by Gasteiger charge is 2.22. The van der Waals surface area contributed by atoms with Crippen LogP contribution in [0.1, 0.15) is 35.0 Å². The van der Waals surface area contributed by atoms with Gasteiger partial charge in [0, 0.05) is 37.9 Å². The Morgan fingerprint density at radius 1 is 1.36 bits per heavy atom. The Hall–Kier alpha value is -4.07. The molecule has 0 radical (unpaired) electrons. The third kappa shape index (κ3) is 6.96. The molecule has 4 N–H and O–H groups in total. The molecule has 3 rings (SSSR count). The molecule has 0 spiro atoms. The molecule has 1 atom stereocenters. The zero-order valence-corrected chi connectivity index (χ0v) is 18.3. The summed E-state index contributed by atoms with van der Waals surface area (Å²) in [7, 11) is 0. The van der Waals surface area contributed by atoms with Crippen molar-refractivity contribution >= 4 is 23.8 Å². The molecule has 0 saturated heterocycles. The number of aryl methyl sites for hydroxylation is 3. The van der Waals surface area contributed by atoms with Gasteiger partial charge in [-0.15, -0.1) is 5.92 Å². The van der Waals surface area contributed by atoms with Crippen LogP contribution in [0.4, 0.5) is 10.6 Å². The molecule has 0 aliphatic carbocycles. The van der Waals surface area contributed by atoms with Crippen molar-refractivity contribution in [3.8, 4) is 11.8 Å². The lowest BCUT2D eigenvalue weighted by Gasteiger charge is -2.17. The van der Waals surface area contributed by atoms with Crippen LogP contribution in [0.5, 0.6) is 0 Å². The maximum atomic E-state index is 12.4. The average molecular weight is 454 g/mol. The van der Waals surface area contributed by atoms with E-state index in [-0.39, 0.29) is 18.7 Å². The van der Waals surface area contributed by atoms with Crippen LogP contribution in [0.2, 0.25) is 0 Å². The van der Waals surface area contributed by atoms with Crippen molar-refractivity contribution in [3.63, 3.8) is 0 Å². The Morgan fingerprint density at radius 2 is 2.21 bits per heavy atom. The van der Waals surface area contributed by atoms with Crippen LogP contribution in [0.3, 0.4) is 0 Å². The van der Waals surface area contributed by atoms with Gasteiger partial charge in [-0.25, -0.2) is 14.6 Å². The number of carboxylic acids is 1. The van der Waals surface area contributed by atoms with Crippen molar-refractivity contribution in [2.24, 2.45) is 0 Å². The zero-order chi connectivity index (χ0) is 23.6. The van der Waals surface area contributed by atoms with Crippen LogP contribution in [-0.2, 0) is 28.9 Å². The Morgan fingerprint density at radius 3 is 3.00 bits per heavy atom. The Labute approximate surface area is 190 Å². The lowest BCUT2D eigenvalue weighted by Crippen LogP contribution is -2.48. The number of pyridine rings is 1. The summed E-state index contributed by atoms with van der Waals surface area (Å²) in [4.78, 5) is 40.0. The molecular weight excluding hydrogens is 428 g/mol. The van der Waals surface area contributed by atoms with E-state index in [9.17, 15) is 19.5 Å². The van der Waals surface area contributed by atoms with E-state index < -0.39 is 24.0 Å². The predicted molar refractivity (Wildman–Crippen MR) is 119 cm³/mol. The minimum Gasteiger partial charge on any atom is -0.480 e. The minimum absolute atomic E-state index is 0.155. The van der Waals surface area contributed by atoms with E-state index in [0.717, 1.165) is 30.9 Å². The fourth-order valence-corrected chi connectivity index (χ4v) is 3.19. The largest absolute Gasteiger partial charge is 0.480 e. The number of nitrogens with one attached hydrogen (secondary N) is 3. The third-order valence-corrected chi connectivity index (χ3v) is 4.95. The molecule has 2 aromatic heterocycles. The van der Waals surface area contributed by atoms with E-state index in [4.69, 9.17) is 4.74 Å². The zero-order valence-electron chi connectivity index (χ0n) is 18.3. The highest BCUT2D eigenvalue weighted by Crippen LogP contribution is 2.19. The van der Waals surface area contributed by atoms with Crippen LogP contribution >= 0.6 is 0 Å². The summed E-state index contributed by atoms with van der Waals surface area (Å²) in [5, 5.41) is 21.4. The number of carboxylic acid groups (broad SMARTS) is 1. The van der Waals surface area contributed by atoms with E-state index in [0.29, 0.717) is 13.0 Å². The molecular formula is C22H26N6O5. The number of anilines is 1. The number of nitrogens with zero attached hydrogens (tertiary/aromatic N) is 3. The standard InChI is InChI=1S/C22H26N6O5/c1-2-3-11-33-22(32)27-18(21(30)31)13-24-20(29)16-12-25-28(14-16)10-8-17-7-6-15-5-4-9-23-19(15)26-17/h6-7,12,14,18H,4-5,8-11,13H2,1H3,(H,23,26)(H,24,29)(H,27,32)(H,30,31)/t18-/m0/s1. The van der Waals surface area contributed by atoms with Crippen molar-refractivity contribution in [2.45, 2.75) is 38.8 Å². The molecule has 11 heteroatoms. The van der Waals surface area contributed by atoms with E-state index in [1.807, 2.05) is 6.07 Å². The second kappa shape index (κ2) is 11.5. The van der Waals surface area contributed by atoms with Gasteiger partial charge in [-0.2, -0.15) is 5.10 Å². The molecule has 0 unspecified atom stereocenters. The number of alkyl carbamates (subject to hydrolysis) is 1. The number of rotatable bonds is 9. The number of carbonyl (C=O) groups is 3. The Balaban J connectivity index is 1.48. The van der Waals surface area contributed by atoms with Crippen LogP contribution in [0.25, 0.3) is 0 Å². The monoisotopic (exact) mass is 454 g/mol. The first-order valence-corrected chi connectivity index (χ1v) is 10.6. The summed E-state index contributed by atoms with van der Waals surface area (Å²) in [5.74, 6) is 4.19. The van der Waals surface area contributed by atoms with Crippen molar-refractivity contribution in [1.29, 1.82) is 0 Å². The number of amides is 2. The number of aromatic nitrogens is 3. The molecule has 1 aliphatic heterocycles. The van der Waals surface area contributed by atoms with E-state index in [1.54, 1.807) is 17.8 Å². The number of carbonyl (C=O) groups excluding carboxylic acids is 2. The molecule has 3 heterocycles. The second-order valence-electron chi connectivity index (χ2n) is 7.33. The number of fused-ring (bicyclic) bond motifs is 1. The van der Waals surface area contributed by atoms with Gasteiger partial charge >= 0.3 is 12.1 Å². The van der Waals surface area contributed by atoms with Crippen molar-refractivity contribution in [2.75, 3.05) is 25.0 Å². The fraction of sp³-hybridized carbons (Fsp3) is 0.409. The number of ether oxygens (including phenoxy) is 1. The van der Waals surface area contributed by atoms with Crippen LogP contribution in [0.15, 0.2) is 24.5 Å². The van der Waals surface area contributed by atoms with Crippen molar-refractivity contribution in [3.05, 3.63) is 41.3 Å². The number of aliphatic carboxylic acids is 1. The first-order chi connectivity index (χ1) is 16.0. The van der Waals surface area contributed by atoms with Crippen LogP contribution in [0, 0.1) is 11.8 Å². The third-order valence-electron chi connectivity index (χ3n) is 4.95. The molecule has 0 saturated carbocycles. The van der Waals surface area contributed by atoms with Gasteiger partial charge in [0.2, 0.25) is 0 Å². The first-order valence-electron chi connectivity index (χ1n) is 10.6. The summed E-state index contributed by atoms with van der Waals surface area (Å²) in [5.41, 5.74) is 2.43. The molecule has 0 aromatic carbocycles. The highest BCUT2D eigenvalue weighted by molar-refractivity contribution is 5.94. The van der Waals surface area contributed by atoms with E-state index in [2.05, 4.69) is 43.9 Å². The smallest absolute Gasteiger partial charge is 0.408 e. The molecule has 174 valence electrons. The van der Waals surface area contributed by atoms with Gasteiger partial charge in [0.1, 0.15) is 11.9 Å². The van der Waals surface area contributed by atoms with Crippen LogP contribution < -0.4 is 16.0 Å². The fourth-order valence-electron chi connectivity index (χ4n) is 3.19. The van der Waals surface area contributed by atoms with Gasteiger partial charge in [0.15, 0.2) is 6.61 Å². The lowest BCUT2D eigenvalue weighted by atomic mass is 10.1. The normalized spacial score (nSPS) is 12.9. The number of hydrogen-bond acceptors (Lipinski definition) is 7. The van der Waals surface area contributed by atoms with E-state index in [1.165, 1.54) is 11.8 Å². The lowest BCUT2D eigenvalue weighted by molar-refractivity contribution is -0.139. The maximum absolute atomic E-state index is 12.4. The summed E-state index contributed by atoms with van der Waals surface area (Å²) >= 11 is 0. The molecule has 2 amide bonds. The summed E-state index contributed by atoms with van der Waals surface area (Å²) in [6.07, 6.45) is 4.82. The predicted octanol–water partition coefficient (Wildman–Crippen LogP) is 0.811. The van der Waals surface area contributed by atoms with Crippen molar-refractivity contribution in [1.82, 2.24) is 25.4 Å². The summed E-state index contributed by atoms with van der Waals surface area (Å²) in [6, 6.07) is 2.74. The molecule has 33 heavy (non-hydrogen) atoms. The van der Waals surface area contributed by atoms with Crippen molar-refractivity contribution < 1.29 is 24.2 Å². The highest BCUT2D eigenvalue weighted by atomic mass is 16.5. The van der Waals surface area contributed by atoms with Crippen LogP contribution in [-0.4, -0.2) is 63.6 Å². The maximum Gasteiger partial charge on any atom is 0.408 e. The quantitative estimate of drug-likeness (QED) is 0.407. The summed E-state index contributed by atoms with van der Waals surface area (Å²) < 4.78 is 6.36. The molecule has 11 nitrogen and oxygen atoms in total. The Bertz CT molecular complexity index is 1070. The van der Waals surface area contributed by atoms with Gasteiger partial charge < -0.3 is 25.8 Å². The van der Waals surface area contributed by atoms with Gasteiger partial charge in [-0.1, -0.05) is 12.0 Å². The number of hydrogen-bond donors (Lipinski definition) is 4. The molecule has 2 aromatic rings. The molecule has 0 fully saturated rings. The minimum atomic E-state index is -1.35. The van der Waals surface area contributed by atoms with Gasteiger partial charge in [0.25, 0.3) is 5.91 Å². The Kier molecular flexibility index (Phi) is 8.24. The summed E-state index contributed by atoms with van der Waals surface area (Å²) in [6.45, 7) is 2.57. The van der Waals surface area contributed by atoms with Gasteiger partial charge in [-0.05, 0) is 31.4 Å². The topological polar surface area (TPSA) is 147 Å². The van der Waals surface area contributed by atoms with Gasteiger partial charge in [0.05, 0.1) is 11.8 Å². The molecule has 1 aliphatic rings. The van der Waals surface area contributed by atoms with E-state index >= 15 is 0 Å². The molecule has 0 bridgehead atoms. The second-order valence-corrected chi connectivity index (χ2v) is 7.33. The first kappa shape index (κ1) is 23.6. The van der Waals surface area contributed by atoms with Gasteiger partial charge in [-0.3, -0.25) is 9.48 Å². The SMILES string of the molecule is CC#CCOC(=O)N[C@@H](CNC(=O)c1cnn(CCc2ccc3c(n2)NCCC3)c1)C(=O)O.